The van der Waals surface area contributed by atoms with Crippen LogP contribution in [-0.4, -0.2) is 88.3 Å². The van der Waals surface area contributed by atoms with Crippen molar-refractivity contribution in [2.75, 3.05) is 37.7 Å². The molecule has 3 saturated heterocycles. The van der Waals surface area contributed by atoms with Gasteiger partial charge < -0.3 is 29.3 Å². The minimum Gasteiger partial charge on any atom is -0.494 e. The smallest absolute Gasteiger partial charge is 0.249 e. The molecule has 1 aromatic rings. The van der Waals surface area contributed by atoms with Crippen LogP contribution in [0.15, 0.2) is 49.6 Å². The van der Waals surface area contributed by atoms with Crippen LogP contribution < -0.4 is 9.64 Å². The fourth-order valence-corrected chi connectivity index (χ4v) is 8.71. The maximum absolute atomic E-state index is 15.0. The van der Waals surface area contributed by atoms with Crippen LogP contribution in [0.4, 0.5) is 5.69 Å². The van der Waals surface area contributed by atoms with Crippen molar-refractivity contribution in [2.24, 2.45) is 17.3 Å². The minimum absolute atomic E-state index is 0.0533. The van der Waals surface area contributed by atoms with Crippen LogP contribution in [0.2, 0.25) is 0 Å². The van der Waals surface area contributed by atoms with Crippen LogP contribution in [0.25, 0.3) is 0 Å². The highest BCUT2D eigenvalue weighted by molar-refractivity contribution is 6.03. The first kappa shape index (κ1) is 36.7. The Morgan fingerprint density at radius 3 is 2.28 bits per heavy atom. The number of ether oxygens (including phenoxy) is 2. The van der Waals surface area contributed by atoms with Crippen molar-refractivity contribution in [3.05, 3.63) is 49.6 Å². The van der Waals surface area contributed by atoms with E-state index in [1.54, 1.807) is 22.0 Å². The van der Waals surface area contributed by atoms with E-state index in [1.807, 2.05) is 43.0 Å². The maximum atomic E-state index is 15.0. The molecule has 2 unspecified atom stereocenters. The second-order valence-electron chi connectivity index (χ2n) is 15.5. The molecule has 2 bridgehead atoms. The third kappa shape index (κ3) is 7.02. The third-order valence-electron chi connectivity index (χ3n) is 10.1. The second-order valence-corrected chi connectivity index (χ2v) is 15.5. The molecule has 0 saturated carbocycles. The van der Waals surface area contributed by atoms with Gasteiger partial charge in [0.2, 0.25) is 17.7 Å². The summed E-state index contributed by atoms with van der Waals surface area (Å²) in [5, 5.41) is 9.41. The molecular weight excluding hydrogens is 594 g/mol. The van der Waals surface area contributed by atoms with E-state index in [4.69, 9.17) is 9.47 Å². The Kier molecular flexibility index (Phi) is 11.0. The molecule has 1 aromatic carbocycles. The summed E-state index contributed by atoms with van der Waals surface area (Å²) in [5.41, 5.74) is -1.95. The predicted octanol–water partition coefficient (Wildman–Crippen LogP) is 5.76. The Morgan fingerprint density at radius 2 is 1.70 bits per heavy atom. The minimum atomic E-state index is -1.13. The highest BCUT2D eigenvalue weighted by Gasteiger charge is 2.78. The third-order valence-corrected chi connectivity index (χ3v) is 10.1. The summed E-state index contributed by atoms with van der Waals surface area (Å²) >= 11 is 0. The van der Waals surface area contributed by atoms with Gasteiger partial charge in [-0.1, -0.05) is 32.9 Å². The Labute approximate surface area is 281 Å². The number of benzene rings is 1. The second kappa shape index (κ2) is 14.1. The van der Waals surface area contributed by atoms with Gasteiger partial charge in [-0.3, -0.25) is 14.4 Å². The standard InChI is InChI=1S/C38H57N3O6/c1-10-22-39(27-16-18-28(19-17-27)46-12-3)32(43)29-30-33(44)40(24-14-13-15-25-42)31(38(30)21-20-37(29,9)47-38)34(45)41(23-11-2)36(7,8)26-35(4,5)6/h10-11,16-19,29-31,42H,1-2,12-15,20-26H2,3-9H3/t29-,30-,31?,37+,38?/m0/s1. The normalized spacial score (nSPS) is 26.7. The van der Waals surface area contributed by atoms with Gasteiger partial charge in [0.1, 0.15) is 17.4 Å². The number of nitrogens with zero attached hydrogens (tertiary/aromatic N) is 3. The number of fused-ring (bicyclic) bond motifs is 1. The molecule has 0 aromatic heterocycles. The van der Waals surface area contributed by atoms with Crippen LogP contribution in [-0.2, 0) is 19.1 Å². The molecule has 9 nitrogen and oxygen atoms in total. The number of hydrogen-bond donors (Lipinski definition) is 1. The lowest BCUT2D eigenvalue weighted by molar-refractivity contribution is -0.155. The largest absolute Gasteiger partial charge is 0.494 e. The van der Waals surface area contributed by atoms with Gasteiger partial charge in [-0.25, -0.2) is 0 Å². The average Bonchev–Trinajstić information content (AvgIpc) is 3.56. The molecule has 3 fully saturated rings. The number of likely N-dealkylation sites (tertiary alicyclic amines) is 1. The summed E-state index contributed by atoms with van der Waals surface area (Å²) in [6.07, 6.45) is 7.21. The molecule has 3 heterocycles. The predicted molar refractivity (Wildman–Crippen MR) is 185 cm³/mol. The van der Waals surface area contributed by atoms with Crippen LogP contribution in [0.1, 0.15) is 87.0 Å². The molecule has 1 N–H and O–H groups in total. The van der Waals surface area contributed by atoms with Gasteiger partial charge >= 0.3 is 0 Å². The molecule has 3 aliphatic heterocycles. The number of anilines is 1. The lowest BCUT2D eigenvalue weighted by atomic mass is 9.65. The number of aliphatic hydroxyl groups is 1. The molecule has 260 valence electrons. The van der Waals surface area contributed by atoms with Crippen molar-refractivity contribution >= 4 is 23.4 Å². The molecule has 9 heteroatoms. The number of hydrogen-bond acceptors (Lipinski definition) is 6. The number of rotatable bonds is 16. The average molecular weight is 652 g/mol. The van der Waals surface area contributed by atoms with Crippen molar-refractivity contribution in [2.45, 2.75) is 110 Å². The van der Waals surface area contributed by atoms with Gasteiger partial charge in [-0.05, 0) is 95.9 Å². The highest BCUT2D eigenvalue weighted by atomic mass is 16.5. The Balaban J connectivity index is 1.78. The molecular formula is C38H57N3O6. The zero-order chi connectivity index (χ0) is 34.8. The van der Waals surface area contributed by atoms with Gasteiger partial charge in [0, 0.05) is 37.5 Å². The van der Waals surface area contributed by atoms with Crippen molar-refractivity contribution in [1.29, 1.82) is 0 Å². The van der Waals surface area contributed by atoms with Crippen LogP contribution in [0, 0.1) is 17.3 Å². The quantitative estimate of drug-likeness (QED) is 0.180. The molecule has 1 spiro atoms. The molecule has 4 rings (SSSR count). The fourth-order valence-electron chi connectivity index (χ4n) is 8.71. The van der Waals surface area contributed by atoms with E-state index < -0.39 is 34.6 Å². The molecule has 0 aliphatic carbocycles. The van der Waals surface area contributed by atoms with Crippen molar-refractivity contribution in [1.82, 2.24) is 9.80 Å². The van der Waals surface area contributed by atoms with E-state index in [2.05, 4.69) is 47.8 Å². The van der Waals surface area contributed by atoms with Crippen LogP contribution >= 0.6 is 0 Å². The highest BCUT2D eigenvalue weighted by Crippen LogP contribution is 2.64. The van der Waals surface area contributed by atoms with E-state index >= 15 is 4.79 Å². The molecule has 3 aliphatic rings. The van der Waals surface area contributed by atoms with Gasteiger partial charge in [0.05, 0.1) is 24.0 Å². The zero-order valence-corrected chi connectivity index (χ0v) is 29.7. The van der Waals surface area contributed by atoms with Crippen LogP contribution in [0.5, 0.6) is 5.75 Å². The van der Waals surface area contributed by atoms with E-state index in [9.17, 15) is 14.7 Å². The Hall–Kier alpha value is -3.17. The summed E-state index contributed by atoms with van der Waals surface area (Å²) in [6, 6.07) is 6.49. The fraction of sp³-hybridized carbons (Fsp3) is 0.658. The number of carbonyl (C=O) groups is 3. The summed E-state index contributed by atoms with van der Waals surface area (Å²) in [4.78, 5) is 49.7. The summed E-state index contributed by atoms with van der Waals surface area (Å²) < 4.78 is 12.6. The first-order valence-electron chi connectivity index (χ1n) is 17.3. The van der Waals surface area contributed by atoms with Crippen molar-refractivity contribution in [3.63, 3.8) is 0 Å². The van der Waals surface area contributed by atoms with Crippen molar-refractivity contribution in [3.8, 4) is 5.75 Å². The SMILES string of the molecule is C=CCN(C(=O)[C@@H]1[C@H]2C(=O)N(CCCCCO)C(C(=O)N(CC=C)C(C)(C)CC(C)(C)C)C23CC[C@@]1(C)O3)c1ccc(OCC)cc1. The van der Waals surface area contributed by atoms with Gasteiger partial charge in [0.15, 0.2) is 0 Å². The van der Waals surface area contributed by atoms with E-state index in [1.165, 1.54) is 0 Å². The first-order valence-corrected chi connectivity index (χ1v) is 17.3. The molecule has 47 heavy (non-hydrogen) atoms. The number of amides is 3. The number of aliphatic hydroxyl groups excluding tert-OH is 1. The zero-order valence-electron chi connectivity index (χ0n) is 29.7. The summed E-state index contributed by atoms with van der Waals surface area (Å²) in [7, 11) is 0. The van der Waals surface area contributed by atoms with E-state index in [0.717, 1.165) is 12.8 Å². The topological polar surface area (TPSA) is 99.6 Å². The summed E-state index contributed by atoms with van der Waals surface area (Å²) in [6.45, 7) is 23.9. The van der Waals surface area contributed by atoms with Gasteiger partial charge in [-0.2, -0.15) is 0 Å². The van der Waals surface area contributed by atoms with Gasteiger partial charge in [0.25, 0.3) is 0 Å². The lowest BCUT2D eigenvalue weighted by Gasteiger charge is -2.45. The number of unbranched alkanes of at least 4 members (excludes halogenated alkanes) is 2. The lowest BCUT2D eigenvalue weighted by Crippen LogP contribution is -2.61. The molecule has 5 atom stereocenters. The Bertz CT molecular complexity index is 1320. The molecule has 3 amide bonds. The first-order chi connectivity index (χ1) is 22.1. The van der Waals surface area contributed by atoms with Crippen LogP contribution in [0.3, 0.4) is 0 Å². The summed E-state index contributed by atoms with van der Waals surface area (Å²) in [5.74, 6) is -1.44. The molecule has 0 radical (unpaired) electrons. The van der Waals surface area contributed by atoms with Crippen molar-refractivity contribution < 1.29 is 29.0 Å². The van der Waals surface area contributed by atoms with E-state index in [-0.39, 0.29) is 36.3 Å². The monoisotopic (exact) mass is 651 g/mol. The maximum Gasteiger partial charge on any atom is 0.249 e. The van der Waals surface area contributed by atoms with E-state index in [0.29, 0.717) is 56.8 Å². The van der Waals surface area contributed by atoms with Gasteiger partial charge in [-0.15, -0.1) is 13.2 Å². The number of carbonyl (C=O) groups excluding carboxylic acids is 3. The Morgan fingerprint density at radius 1 is 1.04 bits per heavy atom.